The molecule has 24 heavy (non-hydrogen) atoms. The zero-order chi connectivity index (χ0) is 16.8. The molecule has 1 aromatic heterocycles. The van der Waals surface area contributed by atoms with Crippen molar-refractivity contribution in [3.05, 3.63) is 53.7 Å². The third kappa shape index (κ3) is 2.39. The average molecular weight is 328 g/mol. The summed E-state index contributed by atoms with van der Waals surface area (Å²) in [6.45, 7) is 3.69. The average Bonchev–Trinajstić information content (AvgIpc) is 2.95. The Morgan fingerprint density at radius 1 is 1.21 bits per heavy atom. The van der Waals surface area contributed by atoms with E-state index in [-0.39, 0.29) is 5.41 Å². The van der Waals surface area contributed by atoms with E-state index in [1.807, 2.05) is 6.92 Å². The molecule has 128 valence electrons. The summed E-state index contributed by atoms with van der Waals surface area (Å²) >= 11 is 0. The minimum atomic E-state index is -0.418. The highest BCUT2D eigenvalue weighted by Crippen LogP contribution is 2.65. The van der Waals surface area contributed by atoms with Gasteiger partial charge in [-0.05, 0) is 12.5 Å². The van der Waals surface area contributed by atoms with Crippen molar-refractivity contribution in [3.8, 4) is 0 Å². The Bertz CT molecular complexity index is 700. The van der Waals surface area contributed by atoms with E-state index >= 15 is 0 Å². The maximum Gasteiger partial charge on any atom is 0.208 e. The number of rotatable bonds is 5. The number of ether oxygens (including phenoxy) is 2. The molecule has 1 aliphatic carbocycles. The number of hydrogen-bond donors (Lipinski definition) is 0. The summed E-state index contributed by atoms with van der Waals surface area (Å²) in [5, 5.41) is 0. The standard InChI is InChI=1S/C19H24N2O3/c1-14-9-20-16(24-14)10-21-13-18(11-19(12-18,22-2)23-3)17(21)15-7-5-4-6-8-15/h4-9,17H,10-13H2,1-3H3/t17-/m1/s1. The summed E-state index contributed by atoms with van der Waals surface area (Å²) in [5.41, 5.74) is 1.56. The predicted octanol–water partition coefficient (Wildman–Crippen LogP) is 3.31. The van der Waals surface area contributed by atoms with Crippen molar-refractivity contribution in [1.29, 1.82) is 0 Å². The second kappa shape index (κ2) is 5.69. The molecule has 2 heterocycles. The lowest BCUT2D eigenvalue weighted by molar-refractivity contribution is -0.337. The molecular weight excluding hydrogens is 304 g/mol. The maximum absolute atomic E-state index is 5.68. The number of methoxy groups -OCH3 is 2. The topological polar surface area (TPSA) is 47.7 Å². The quantitative estimate of drug-likeness (QED) is 0.788. The normalized spacial score (nSPS) is 24.5. The Labute approximate surface area is 142 Å². The minimum Gasteiger partial charge on any atom is -0.445 e. The van der Waals surface area contributed by atoms with Crippen molar-refractivity contribution in [2.24, 2.45) is 5.41 Å². The molecule has 0 bridgehead atoms. The van der Waals surface area contributed by atoms with Crippen LogP contribution in [0.1, 0.15) is 36.1 Å². The molecule has 1 aliphatic heterocycles. The second-order valence-electron chi connectivity index (χ2n) is 7.12. The lowest BCUT2D eigenvalue weighted by atomic mass is 9.53. The monoisotopic (exact) mass is 328 g/mol. The van der Waals surface area contributed by atoms with Crippen molar-refractivity contribution >= 4 is 0 Å². The molecule has 5 heteroatoms. The van der Waals surface area contributed by atoms with Crippen LogP contribution in [-0.4, -0.2) is 36.4 Å². The number of likely N-dealkylation sites (tertiary alicyclic amines) is 1. The summed E-state index contributed by atoms with van der Waals surface area (Å²) in [7, 11) is 3.47. The molecular formula is C19H24N2O3. The minimum absolute atomic E-state index is 0.217. The van der Waals surface area contributed by atoms with Crippen molar-refractivity contribution in [2.45, 2.75) is 38.1 Å². The number of hydrogen-bond acceptors (Lipinski definition) is 5. The van der Waals surface area contributed by atoms with Gasteiger partial charge in [0.2, 0.25) is 5.89 Å². The van der Waals surface area contributed by atoms with Gasteiger partial charge in [-0.15, -0.1) is 0 Å². The van der Waals surface area contributed by atoms with Crippen molar-refractivity contribution in [3.63, 3.8) is 0 Å². The fourth-order valence-corrected chi connectivity index (χ4v) is 4.55. The summed E-state index contributed by atoms with van der Waals surface area (Å²) < 4.78 is 16.9. The fraction of sp³-hybridized carbons (Fsp3) is 0.526. The molecule has 0 amide bonds. The van der Waals surface area contributed by atoms with E-state index in [4.69, 9.17) is 13.9 Å². The molecule has 4 rings (SSSR count). The number of aryl methyl sites for hydroxylation is 1. The van der Waals surface area contributed by atoms with Gasteiger partial charge in [-0.2, -0.15) is 0 Å². The van der Waals surface area contributed by atoms with Gasteiger partial charge in [-0.3, -0.25) is 4.90 Å². The van der Waals surface area contributed by atoms with Crippen LogP contribution in [0, 0.1) is 12.3 Å². The van der Waals surface area contributed by atoms with Gasteiger partial charge in [0.25, 0.3) is 0 Å². The summed E-state index contributed by atoms with van der Waals surface area (Å²) in [6.07, 6.45) is 3.63. The van der Waals surface area contributed by atoms with E-state index in [9.17, 15) is 0 Å². The van der Waals surface area contributed by atoms with Gasteiger partial charge in [0.05, 0.1) is 12.7 Å². The highest BCUT2D eigenvalue weighted by molar-refractivity contribution is 5.29. The summed E-state index contributed by atoms with van der Waals surface area (Å²) in [4.78, 5) is 6.80. The lowest BCUT2D eigenvalue weighted by Gasteiger charge is -2.67. The number of aromatic nitrogens is 1. The van der Waals surface area contributed by atoms with Crippen LogP contribution in [0.15, 0.2) is 40.9 Å². The zero-order valence-electron chi connectivity index (χ0n) is 14.5. The lowest BCUT2D eigenvalue weighted by Crippen LogP contribution is -2.69. The van der Waals surface area contributed by atoms with E-state index in [0.717, 1.165) is 37.6 Å². The number of nitrogens with zero attached hydrogens (tertiary/aromatic N) is 2. The van der Waals surface area contributed by atoms with E-state index in [0.29, 0.717) is 6.04 Å². The van der Waals surface area contributed by atoms with Gasteiger partial charge < -0.3 is 13.9 Å². The van der Waals surface area contributed by atoms with Crippen LogP contribution in [0.25, 0.3) is 0 Å². The van der Waals surface area contributed by atoms with E-state index in [1.54, 1.807) is 20.4 Å². The molecule has 1 saturated carbocycles. The SMILES string of the molecule is COC1(OC)CC2(CN(Cc3ncc(C)o3)[C@@H]2c2ccccc2)C1. The molecule has 0 unspecified atom stereocenters. The van der Waals surface area contributed by atoms with E-state index in [1.165, 1.54) is 5.56 Å². The van der Waals surface area contributed by atoms with Gasteiger partial charge in [0.15, 0.2) is 5.79 Å². The van der Waals surface area contributed by atoms with Crippen LogP contribution < -0.4 is 0 Å². The Balaban J connectivity index is 1.57. The second-order valence-corrected chi connectivity index (χ2v) is 7.12. The Morgan fingerprint density at radius 3 is 2.50 bits per heavy atom. The molecule has 1 atom stereocenters. The van der Waals surface area contributed by atoms with E-state index in [2.05, 4.69) is 40.2 Å². The largest absolute Gasteiger partial charge is 0.445 e. The zero-order valence-corrected chi connectivity index (χ0v) is 14.5. The van der Waals surface area contributed by atoms with E-state index < -0.39 is 5.79 Å². The Kier molecular flexibility index (Phi) is 3.75. The van der Waals surface area contributed by atoms with Crippen molar-refractivity contribution in [2.75, 3.05) is 20.8 Å². The predicted molar refractivity (Wildman–Crippen MR) is 89.2 cm³/mol. The molecule has 1 aromatic carbocycles. The summed E-state index contributed by atoms with van der Waals surface area (Å²) in [6, 6.07) is 11.0. The van der Waals surface area contributed by atoms with Crippen LogP contribution in [0.3, 0.4) is 0 Å². The molecule has 1 saturated heterocycles. The van der Waals surface area contributed by atoms with Gasteiger partial charge in [-0.1, -0.05) is 30.3 Å². The van der Waals surface area contributed by atoms with Gasteiger partial charge in [0, 0.05) is 45.1 Å². The number of oxazole rings is 1. The molecule has 0 radical (unpaired) electrons. The van der Waals surface area contributed by atoms with Crippen molar-refractivity contribution < 1.29 is 13.9 Å². The smallest absolute Gasteiger partial charge is 0.208 e. The molecule has 1 spiro atoms. The first-order valence-electron chi connectivity index (χ1n) is 8.40. The van der Waals surface area contributed by atoms with Crippen LogP contribution in [0.2, 0.25) is 0 Å². The van der Waals surface area contributed by atoms with Crippen LogP contribution >= 0.6 is 0 Å². The van der Waals surface area contributed by atoms with Crippen LogP contribution in [0.5, 0.6) is 0 Å². The first kappa shape index (κ1) is 15.8. The molecule has 2 aliphatic rings. The van der Waals surface area contributed by atoms with Gasteiger partial charge in [0.1, 0.15) is 5.76 Å². The van der Waals surface area contributed by atoms with Crippen LogP contribution in [0.4, 0.5) is 0 Å². The first-order valence-corrected chi connectivity index (χ1v) is 8.40. The fourth-order valence-electron chi connectivity index (χ4n) is 4.55. The highest BCUT2D eigenvalue weighted by Gasteiger charge is 2.66. The number of benzene rings is 1. The third-order valence-electron chi connectivity index (χ3n) is 5.57. The summed E-state index contributed by atoms with van der Waals surface area (Å²) in [5.74, 6) is 1.23. The molecule has 0 N–H and O–H groups in total. The van der Waals surface area contributed by atoms with Gasteiger partial charge >= 0.3 is 0 Å². The molecule has 2 fully saturated rings. The Morgan fingerprint density at radius 2 is 1.92 bits per heavy atom. The van der Waals surface area contributed by atoms with Crippen molar-refractivity contribution in [1.82, 2.24) is 9.88 Å². The Hall–Kier alpha value is -1.69. The maximum atomic E-state index is 5.68. The molecule has 5 nitrogen and oxygen atoms in total. The molecule has 2 aromatic rings. The first-order chi connectivity index (χ1) is 11.6. The van der Waals surface area contributed by atoms with Gasteiger partial charge in [-0.25, -0.2) is 4.98 Å². The third-order valence-corrected chi connectivity index (χ3v) is 5.57. The van der Waals surface area contributed by atoms with Crippen LogP contribution in [-0.2, 0) is 16.0 Å². The highest BCUT2D eigenvalue weighted by atomic mass is 16.7.